The number of hydrogen-bond acceptors (Lipinski definition) is 4. The molecule has 154 valence electrons. The summed E-state index contributed by atoms with van der Waals surface area (Å²) in [6.07, 6.45) is 2.08. The van der Waals surface area contributed by atoms with E-state index in [1.165, 1.54) is 4.68 Å². The molecule has 0 aliphatic carbocycles. The zero-order valence-electron chi connectivity index (χ0n) is 17.1. The van der Waals surface area contributed by atoms with E-state index < -0.39 is 5.91 Å². The van der Waals surface area contributed by atoms with Crippen LogP contribution in [-0.2, 0) is 0 Å². The molecule has 7 heteroatoms. The average Bonchev–Trinajstić information content (AvgIpc) is 3.29. The predicted octanol–water partition coefficient (Wildman–Crippen LogP) is 3.47. The third-order valence-corrected chi connectivity index (χ3v) is 5.32. The van der Waals surface area contributed by atoms with Gasteiger partial charge in [-0.1, -0.05) is 18.2 Å². The van der Waals surface area contributed by atoms with E-state index in [-0.39, 0.29) is 23.2 Å². The first-order valence-electron chi connectivity index (χ1n) is 10.2. The lowest BCUT2D eigenvalue weighted by atomic mass is 10.1. The van der Waals surface area contributed by atoms with Gasteiger partial charge in [-0.3, -0.25) is 14.4 Å². The maximum atomic E-state index is 13.0. The van der Waals surface area contributed by atoms with Crippen molar-refractivity contribution >= 4 is 28.3 Å². The van der Waals surface area contributed by atoms with Crippen LogP contribution < -0.4 is 10.9 Å². The number of carbonyl (C=O) groups excluding carboxylic acids is 2. The molecular formula is C23H24N4O3. The monoisotopic (exact) mass is 404 g/mol. The fourth-order valence-corrected chi connectivity index (χ4v) is 3.71. The summed E-state index contributed by atoms with van der Waals surface area (Å²) >= 11 is 0. The molecule has 30 heavy (non-hydrogen) atoms. The van der Waals surface area contributed by atoms with Crippen molar-refractivity contribution in [2.75, 3.05) is 18.4 Å². The van der Waals surface area contributed by atoms with Crippen LogP contribution in [-0.4, -0.2) is 39.6 Å². The van der Waals surface area contributed by atoms with Crippen molar-refractivity contribution in [3.8, 4) is 0 Å². The van der Waals surface area contributed by atoms with Crippen LogP contribution in [0.1, 0.15) is 53.6 Å². The Hall–Kier alpha value is -3.48. The minimum absolute atomic E-state index is 0.0158. The number of likely N-dealkylation sites (tertiary alicyclic amines) is 1. The van der Waals surface area contributed by atoms with E-state index in [9.17, 15) is 14.4 Å². The van der Waals surface area contributed by atoms with Crippen molar-refractivity contribution in [2.45, 2.75) is 32.7 Å². The Morgan fingerprint density at radius 2 is 1.60 bits per heavy atom. The van der Waals surface area contributed by atoms with Crippen molar-refractivity contribution in [2.24, 2.45) is 0 Å². The summed E-state index contributed by atoms with van der Waals surface area (Å²) in [6.45, 7) is 5.28. The minimum Gasteiger partial charge on any atom is -0.339 e. The predicted molar refractivity (Wildman–Crippen MR) is 116 cm³/mol. The molecule has 1 aromatic heterocycles. The number of nitrogens with one attached hydrogen (secondary N) is 1. The molecule has 2 heterocycles. The highest BCUT2D eigenvalue weighted by molar-refractivity contribution is 6.11. The zero-order valence-corrected chi connectivity index (χ0v) is 17.1. The molecule has 4 rings (SSSR count). The molecule has 3 aromatic rings. The first-order valence-corrected chi connectivity index (χ1v) is 10.2. The van der Waals surface area contributed by atoms with Gasteiger partial charge in [0.05, 0.1) is 11.4 Å². The maximum absolute atomic E-state index is 13.0. The average molecular weight is 404 g/mol. The van der Waals surface area contributed by atoms with E-state index in [1.807, 2.05) is 18.7 Å². The van der Waals surface area contributed by atoms with Crippen molar-refractivity contribution in [1.82, 2.24) is 14.7 Å². The molecule has 1 fully saturated rings. The number of fused-ring (bicyclic) bond motifs is 1. The largest absolute Gasteiger partial charge is 0.339 e. The van der Waals surface area contributed by atoms with E-state index in [4.69, 9.17) is 0 Å². The molecule has 2 aromatic carbocycles. The number of benzene rings is 2. The van der Waals surface area contributed by atoms with Crippen LogP contribution >= 0.6 is 0 Å². The SMILES string of the molecule is CC(C)n1nc(C(=O)Nc2ccc(C(=O)N3CCCC3)cc2)c2ccccc2c1=O. The number of anilines is 1. The Balaban J connectivity index is 1.61. The quantitative estimate of drug-likeness (QED) is 0.722. The Bertz CT molecular complexity index is 1160. The molecular weight excluding hydrogens is 380 g/mol. The smallest absolute Gasteiger partial charge is 0.276 e. The van der Waals surface area contributed by atoms with Crippen LogP contribution in [0.4, 0.5) is 5.69 Å². The molecule has 7 nitrogen and oxygen atoms in total. The normalized spacial score (nSPS) is 13.8. The second kappa shape index (κ2) is 8.10. The highest BCUT2D eigenvalue weighted by Crippen LogP contribution is 2.18. The molecule has 1 saturated heterocycles. The molecule has 0 radical (unpaired) electrons. The summed E-state index contributed by atoms with van der Waals surface area (Å²) in [6, 6.07) is 13.7. The van der Waals surface area contributed by atoms with E-state index >= 15 is 0 Å². The highest BCUT2D eigenvalue weighted by atomic mass is 16.2. The van der Waals surface area contributed by atoms with Crippen molar-refractivity contribution in [3.63, 3.8) is 0 Å². The van der Waals surface area contributed by atoms with Crippen LogP contribution in [0.2, 0.25) is 0 Å². The number of rotatable bonds is 4. The summed E-state index contributed by atoms with van der Waals surface area (Å²) < 4.78 is 1.33. The Morgan fingerprint density at radius 3 is 2.23 bits per heavy atom. The molecule has 1 aliphatic heterocycles. The zero-order chi connectivity index (χ0) is 21.3. The maximum Gasteiger partial charge on any atom is 0.276 e. The van der Waals surface area contributed by atoms with Gasteiger partial charge in [-0.05, 0) is 57.0 Å². The lowest BCUT2D eigenvalue weighted by molar-refractivity contribution is 0.0792. The topological polar surface area (TPSA) is 84.3 Å². The fourth-order valence-electron chi connectivity index (χ4n) is 3.71. The van der Waals surface area contributed by atoms with Gasteiger partial charge in [-0.15, -0.1) is 0 Å². The fraction of sp³-hybridized carbons (Fsp3) is 0.304. The Labute approximate surface area is 174 Å². The van der Waals surface area contributed by atoms with Gasteiger partial charge in [0.15, 0.2) is 5.69 Å². The lowest BCUT2D eigenvalue weighted by Crippen LogP contribution is -2.29. The standard InChI is InChI=1S/C23H24N4O3/c1-15(2)27-23(30)19-8-4-3-7-18(19)20(25-27)21(28)24-17-11-9-16(10-12-17)22(29)26-13-5-6-14-26/h3-4,7-12,15H,5-6,13-14H2,1-2H3,(H,24,28). The third-order valence-electron chi connectivity index (χ3n) is 5.32. The molecule has 2 amide bonds. The Kier molecular flexibility index (Phi) is 5.35. The first kappa shape index (κ1) is 19.8. The van der Waals surface area contributed by atoms with E-state index in [0.29, 0.717) is 22.0 Å². The summed E-state index contributed by atoms with van der Waals surface area (Å²) in [5.74, 6) is -0.388. The molecule has 1 N–H and O–H groups in total. The van der Waals surface area contributed by atoms with Crippen molar-refractivity contribution < 1.29 is 9.59 Å². The van der Waals surface area contributed by atoms with Gasteiger partial charge in [0.2, 0.25) is 0 Å². The second-order valence-corrected chi connectivity index (χ2v) is 7.77. The number of amides is 2. The van der Waals surface area contributed by atoms with Crippen LogP contribution in [0.5, 0.6) is 0 Å². The first-order chi connectivity index (χ1) is 14.5. The van der Waals surface area contributed by atoms with Gasteiger partial charge in [-0.25, -0.2) is 4.68 Å². The number of aromatic nitrogens is 2. The number of carbonyl (C=O) groups is 2. The molecule has 0 spiro atoms. The van der Waals surface area contributed by atoms with Crippen LogP contribution in [0, 0.1) is 0 Å². The molecule has 0 bridgehead atoms. The van der Waals surface area contributed by atoms with Crippen LogP contribution in [0.25, 0.3) is 10.8 Å². The summed E-state index contributed by atoms with van der Waals surface area (Å²) in [7, 11) is 0. The number of nitrogens with zero attached hydrogens (tertiary/aromatic N) is 3. The Morgan fingerprint density at radius 1 is 0.967 bits per heavy atom. The summed E-state index contributed by atoms with van der Waals surface area (Å²) in [5, 5.41) is 8.12. The molecule has 0 unspecified atom stereocenters. The second-order valence-electron chi connectivity index (χ2n) is 7.77. The van der Waals surface area contributed by atoms with Gasteiger partial charge in [0.1, 0.15) is 0 Å². The third kappa shape index (κ3) is 3.70. The van der Waals surface area contributed by atoms with Gasteiger partial charge in [-0.2, -0.15) is 5.10 Å². The lowest BCUT2D eigenvalue weighted by Gasteiger charge is -2.15. The van der Waals surface area contributed by atoms with E-state index in [0.717, 1.165) is 25.9 Å². The van der Waals surface area contributed by atoms with E-state index in [1.54, 1.807) is 48.5 Å². The number of hydrogen-bond donors (Lipinski definition) is 1. The van der Waals surface area contributed by atoms with Gasteiger partial charge in [0, 0.05) is 29.7 Å². The van der Waals surface area contributed by atoms with Gasteiger partial charge in [0.25, 0.3) is 17.4 Å². The van der Waals surface area contributed by atoms with Crippen LogP contribution in [0.3, 0.4) is 0 Å². The highest BCUT2D eigenvalue weighted by Gasteiger charge is 2.20. The van der Waals surface area contributed by atoms with Gasteiger partial charge >= 0.3 is 0 Å². The minimum atomic E-state index is -0.404. The summed E-state index contributed by atoms with van der Waals surface area (Å²) in [5.41, 5.74) is 1.14. The van der Waals surface area contributed by atoms with Crippen molar-refractivity contribution in [1.29, 1.82) is 0 Å². The van der Waals surface area contributed by atoms with Crippen LogP contribution in [0.15, 0.2) is 53.3 Å². The molecule has 0 saturated carbocycles. The molecule has 0 atom stereocenters. The summed E-state index contributed by atoms with van der Waals surface area (Å²) in [4.78, 5) is 39.9. The van der Waals surface area contributed by atoms with Crippen molar-refractivity contribution in [3.05, 3.63) is 70.1 Å². The van der Waals surface area contributed by atoms with Gasteiger partial charge < -0.3 is 10.2 Å². The van der Waals surface area contributed by atoms with E-state index in [2.05, 4.69) is 10.4 Å². The molecule has 1 aliphatic rings.